The molecular weight excluding hydrogens is 312 g/mol. The number of unbranched alkanes of at least 4 members (excludes halogenated alkanes) is 1. The van der Waals surface area contributed by atoms with Crippen LogP contribution in [0.3, 0.4) is 0 Å². The highest BCUT2D eigenvalue weighted by Crippen LogP contribution is 2.22. The number of rotatable bonds is 13. The molecular formula is C13H26O8Si. The predicted octanol–water partition coefficient (Wildman–Crippen LogP) is 1.29. The Balaban J connectivity index is 4.22. The highest BCUT2D eigenvalue weighted by Gasteiger charge is 2.46. The lowest BCUT2D eigenvalue weighted by atomic mass is 10.3. The van der Waals surface area contributed by atoms with Gasteiger partial charge in [0.1, 0.15) is 0 Å². The predicted molar refractivity (Wildman–Crippen MR) is 79.8 cm³/mol. The van der Waals surface area contributed by atoms with Crippen LogP contribution in [0.2, 0.25) is 6.55 Å². The molecule has 0 aromatic heterocycles. The quantitative estimate of drug-likeness (QED) is 0.163. The van der Waals surface area contributed by atoms with Gasteiger partial charge >= 0.3 is 20.9 Å². The molecule has 1 atom stereocenters. The molecule has 0 saturated carbocycles. The summed E-state index contributed by atoms with van der Waals surface area (Å²) in [5.74, 6) is -0.439. The van der Waals surface area contributed by atoms with Crippen LogP contribution in [0.5, 0.6) is 0 Å². The van der Waals surface area contributed by atoms with Crippen molar-refractivity contribution < 1.29 is 37.0 Å². The van der Waals surface area contributed by atoms with Crippen LogP contribution in [0.1, 0.15) is 12.8 Å². The second-order valence-corrected chi connectivity index (χ2v) is 6.83. The van der Waals surface area contributed by atoms with Crippen LogP contribution < -0.4 is 0 Å². The highest BCUT2D eigenvalue weighted by atomic mass is 28.4. The molecule has 0 aromatic rings. The van der Waals surface area contributed by atoms with Gasteiger partial charge in [-0.2, -0.15) is 0 Å². The van der Waals surface area contributed by atoms with Gasteiger partial charge in [0.15, 0.2) is 0 Å². The van der Waals surface area contributed by atoms with Crippen molar-refractivity contribution in [3.63, 3.8) is 0 Å². The number of hydrogen-bond acceptors (Lipinski definition) is 8. The summed E-state index contributed by atoms with van der Waals surface area (Å²) in [5, 5.41) is 0. The molecule has 0 amide bonds. The highest BCUT2D eigenvalue weighted by molar-refractivity contribution is 6.59. The van der Waals surface area contributed by atoms with Crippen molar-refractivity contribution in [2.24, 2.45) is 0 Å². The van der Waals surface area contributed by atoms with Crippen LogP contribution in [0, 0.1) is 0 Å². The molecule has 0 aliphatic carbocycles. The molecule has 0 spiro atoms. The molecule has 0 fully saturated rings. The fourth-order valence-corrected chi connectivity index (χ4v) is 2.90. The minimum Gasteiger partial charge on any atom is -0.463 e. The normalized spacial score (nSPS) is 14.4. The Bertz CT molecular complexity index is 326. The topological polar surface area (TPSA) is 81.7 Å². The number of carbonyl (C=O) groups is 1. The standard InChI is InChI=1S/C13H26O8Si/c1-7-12(14)19-10-8-9-11-20-22(6,18-5)21-13(15-2,16-3)17-4/h7H,1,8-11H2,2-6H3. The van der Waals surface area contributed by atoms with E-state index in [1.54, 1.807) is 6.55 Å². The lowest BCUT2D eigenvalue weighted by Crippen LogP contribution is -2.53. The van der Waals surface area contributed by atoms with Gasteiger partial charge in [-0.05, 0) is 12.8 Å². The summed E-state index contributed by atoms with van der Waals surface area (Å²) >= 11 is 0. The molecule has 0 N–H and O–H groups in total. The van der Waals surface area contributed by atoms with Crippen LogP contribution in [0.4, 0.5) is 0 Å². The summed E-state index contributed by atoms with van der Waals surface area (Å²) in [6, 6.07) is 0. The molecule has 0 radical (unpaired) electrons. The van der Waals surface area contributed by atoms with Crippen molar-refractivity contribution in [1.82, 2.24) is 0 Å². The van der Waals surface area contributed by atoms with Crippen molar-refractivity contribution in [1.29, 1.82) is 0 Å². The minimum atomic E-state index is -3.01. The van der Waals surface area contributed by atoms with Crippen LogP contribution in [-0.2, 0) is 37.0 Å². The first-order chi connectivity index (χ1) is 10.4. The van der Waals surface area contributed by atoms with E-state index in [-0.39, 0.29) is 0 Å². The third-order valence-corrected chi connectivity index (χ3v) is 4.84. The number of carbonyl (C=O) groups excluding carboxylic acids is 1. The molecule has 8 nitrogen and oxygen atoms in total. The van der Waals surface area contributed by atoms with Crippen LogP contribution in [0.15, 0.2) is 12.7 Å². The number of ether oxygens (including phenoxy) is 4. The largest absolute Gasteiger partial charge is 0.503 e. The summed E-state index contributed by atoms with van der Waals surface area (Å²) in [6.45, 7) is 5.68. The molecule has 1 unspecified atom stereocenters. The Labute approximate surface area is 132 Å². The maximum atomic E-state index is 10.9. The van der Waals surface area contributed by atoms with Crippen molar-refractivity contribution >= 4 is 14.8 Å². The van der Waals surface area contributed by atoms with E-state index in [0.29, 0.717) is 26.1 Å². The average molecular weight is 338 g/mol. The maximum absolute atomic E-state index is 10.9. The average Bonchev–Trinajstić information content (AvgIpc) is 2.55. The number of hydrogen-bond donors (Lipinski definition) is 0. The van der Waals surface area contributed by atoms with Gasteiger partial charge in [0.05, 0.1) is 6.61 Å². The van der Waals surface area contributed by atoms with Gasteiger partial charge < -0.3 is 27.8 Å². The molecule has 0 aliphatic rings. The molecule has 0 heterocycles. The van der Waals surface area contributed by atoms with Crippen molar-refractivity contribution in [3.8, 4) is 0 Å². The van der Waals surface area contributed by atoms with E-state index in [1.807, 2.05) is 0 Å². The van der Waals surface area contributed by atoms with Crippen molar-refractivity contribution in [2.75, 3.05) is 41.7 Å². The smallest absolute Gasteiger partial charge is 0.463 e. The molecule has 130 valence electrons. The third-order valence-electron chi connectivity index (χ3n) is 2.75. The van der Waals surface area contributed by atoms with E-state index in [9.17, 15) is 4.79 Å². The van der Waals surface area contributed by atoms with Gasteiger partial charge in [-0.3, -0.25) is 4.43 Å². The minimum absolute atomic E-state index is 0.304. The van der Waals surface area contributed by atoms with Gasteiger partial charge in [0, 0.05) is 47.7 Å². The zero-order chi connectivity index (χ0) is 17.1. The molecule has 0 bridgehead atoms. The molecule has 0 aliphatic heterocycles. The Hall–Kier alpha value is -0.813. The van der Waals surface area contributed by atoms with Gasteiger partial charge in [-0.15, -0.1) is 0 Å². The molecule has 22 heavy (non-hydrogen) atoms. The Morgan fingerprint density at radius 3 is 2.09 bits per heavy atom. The number of esters is 1. The summed E-state index contributed by atoms with van der Waals surface area (Å²) in [7, 11) is 2.61. The molecule has 0 saturated heterocycles. The van der Waals surface area contributed by atoms with Crippen LogP contribution >= 0.6 is 0 Å². The van der Waals surface area contributed by atoms with Crippen molar-refractivity contribution in [3.05, 3.63) is 12.7 Å². The monoisotopic (exact) mass is 338 g/mol. The van der Waals surface area contributed by atoms with E-state index in [1.165, 1.54) is 28.4 Å². The lowest BCUT2D eigenvalue weighted by Gasteiger charge is -2.34. The van der Waals surface area contributed by atoms with Crippen LogP contribution in [-0.4, -0.2) is 62.6 Å². The van der Waals surface area contributed by atoms with E-state index in [0.717, 1.165) is 6.08 Å². The van der Waals surface area contributed by atoms with E-state index < -0.39 is 20.9 Å². The summed E-state index contributed by atoms with van der Waals surface area (Å²) in [5.41, 5.74) is 0. The zero-order valence-corrected chi connectivity index (χ0v) is 14.9. The van der Waals surface area contributed by atoms with E-state index in [2.05, 4.69) is 6.58 Å². The number of methoxy groups -OCH3 is 3. The van der Waals surface area contributed by atoms with Gasteiger partial charge in [0.25, 0.3) is 0 Å². The lowest BCUT2D eigenvalue weighted by molar-refractivity contribution is -0.459. The Kier molecular flexibility index (Phi) is 10.4. The second kappa shape index (κ2) is 10.8. The second-order valence-electron chi connectivity index (χ2n) is 4.21. The third kappa shape index (κ3) is 7.45. The van der Waals surface area contributed by atoms with E-state index in [4.69, 9.17) is 32.2 Å². The van der Waals surface area contributed by atoms with Crippen molar-refractivity contribution in [2.45, 2.75) is 25.5 Å². The fraction of sp³-hybridized carbons (Fsp3) is 0.769. The SMILES string of the molecule is C=CC(=O)OCCCCO[Si](C)(OC)OC(OC)(OC)OC. The molecule has 9 heteroatoms. The summed E-state index contributed by atoms with van der Waals surface area (Å²) in [6.07, 6.45) is 0.771. The first-order valence-electron chi connectivity index (χ1n) is 6.74. The summed E-state index contributed by atoms with van der Waals surface area (Å²) < 4.78 is 36.6. The van der Waals surface area contributed by atoms with Crippen LogP contribution in [0.25, 0.3) is 0 Å². The van der Waals surface area contributed by atoms with Gasteiger partial charge in [-0.25, -0.2) is 4.79 Å². The van der Waals surface area contributed by atoms with Gasteiger partial charge in [0.2, 0.25) is 0 Å². The maximum Gasteiger partial charge on any atom is 0.503 e. The Morgan fingerprint density at radius 2 is 1.64 bits per heavy atom. The molecule has 0 rings (SSSR count). The Morgan fingerprint density at radius 1 is 1.09 bits per heavy atom. The molecule has 0 aromatic carbocycles. The first kappa shape index (κ1) is 21.2. The van der Waals surface area contributed by atoms with Gasteiger partial charge in [-0.1, -0.05) is 6.58 Å². The fourth-order valence-electron chi connectivity index (χ4n) is 1.43. The first-order valence-corrected chi connectivity index (χ1v) is 8.97. The summed E-state index contributed by atoms with van der Waals surface area (Å²) in [4.78, 5) is 10.9. The van der Waals surface area contributed by atoms with E-state index >= 15 is 0 Å². The zero-order valence-electron chi connectivity index (χ0n) is 13.9.